The van der Waals surface area contributed by atoms with Gasteiger partial charge in [0.2, 0.25) is 10.0 Å². The SMILES string of the molecule is Cc1ccccc1CNC(=O)Nc1ccc(S(N)(=O)=O)cc1. The van der Waals surface area contributed by atoms with Crippen LogP contribution in [0.5, 0.6) is 0 Å². The summed E-state index contributed by atoms with van der Waals surface area (Å²) in [5.74, 6) is 0. The van der Waals surface area contributed by atoms with Gasteiger partial charge in [-0.3, -0.25) is 0 Å². The van der Waals surface area contributed by atoms with Gasteiger partial charge in [0, 0.05) is 12.2 Å². The number of rotatable bonds is 4. The number of benzene rings is 2. The molecule has 0 aromatic heterocycles. The lowest BCUT2D eigenvalue weighted by atomic mass is 10.1. The Morgan fingerprint density at radius 3 is 2.32 bits per heavy atom. The van der Waals surface area contributed by atoms with Crippen LogP contribution in [0.2, 0.25) is 0 Å². The molecule has 0 saturated carbocycles. The van der Waals surface area contributed by atoms with Crippen LogP contribution in [0.1, 0.15) is 11.1 Å². The molecule has 0 bridgehead atoms. The number of nitrogens with one attached hydrogen (secondary N) is 2. The number of aryl methyl sites for hydroxylation is 1. The van der Waals surface area contributed by atoms with Crippen molar-refractivity contribution in [3.63, 3.8) is 0 Å². The lowest BCUT2D eigenvalue weighted by Crippen LogP contribution is -2.28. The van der Waals surface area contributed by atoms with E-state index >= 15 is 0 Å². The van der Waals surface area contributed by atoms with Crippen molar-refractivity contribution in [3.8, 4) is 0 Å². The van der Waals surface area contributed by atoms with E-state index in [1.54, 1.807) is 0 Å². The molecule has 22 heavy (non-hydrogen) atoms. The highest BCUT2D eigenvalue weighted by molar-refractivity contribution is 7.89. The molecule has 0 heterocycles. The van der Waals surface area contributed by atoms with E-state index in [-0.39, 0.29) is 10.9 Å². The minimum atomic E-state index is -3.73. The third-order valence-corrected chi connectivity index (χ3v) is 4.07. The number of hydrogen-bond donors (Lipinski definition) is 3. The number of carbonyl (C=O) groups excluding carboxylic acids is 1. The zero-order chi connectivity index (χ0) is 16.2. The molecule has 0 fully saturated rings. The molecular weight excluding hydrogens is 302 g/mol. The second-order valence-corrected chi connectivity index (χ2v) is 6.36. The highest BCUT2D eigenvalue weighted by atomic mass is 32.2. The third kappa shape index (κ3) is 4.31. The standard InChI is InChI=1S/C15H17N3O3S/c1-11-4-2-3-5-12(11)10-17-15(19)18-13-6-8-14(9-7-13)22(16,20)21/h2-9H,10H2,1H3,(H2,16,20,21)(H2,17,18,19). The van der Waals surface area contributed by atoms with Crippen LogP contribution in [-0.2, 0) is 16.6 Å². The highest BCUT2D eigenvalue weighted by Gasteiger charge is 2.08. The first-order valence-electron chi connectivity index (χ1n) is 6.58. The number of amides is 2. The molecule has 6 nitrogen and oxygen atoms in total. The topological polar surface area (TPSA) is 101 Å². The van der Waals surface area contributed by atoms with Gasteiger partial charge in [-0.15, -0.1) is 0 Å². The van der Waals surface area contributed by atoms with Gasteiger partial charge in [-0.1, -0.05) is 24.3 Å². The van der Waals surface area contributed by atoms with Crippen LogP contribution in [0.15, 0.2) is 53.4 Å². The molecule has 2 aromatic carbocycles. The number of anilines is 1. The largest absolute Gasteiger partial charge is 0.334 e. The van der Waals surface area contributed by atoms with Crippen LogP contribution in [0.4, 0.5) is 10.5 Å². The summed E-state index contributed by atoms with van der Waals surface area (Å²) in [5.41, 5.74) is 2.61. The van der Waals surface area contributed by atoms with Crippen molar-refractivity contribution in [2.75, 3.05) is 5.32 Å². The van der Waals surface area contributed by atoms with Crippen LogP contribution >= 0.6 is 0 Å². The average molecular weight is 319 g/mol. The van der Waals surface area contributed by atoms with E-state index in [2.05, 4.69) is 10.6 Å². The van der Waals surface area contributed by atoms with E-state index in [0.717, 1.165) is 11.1 Å². The zero-order valence-electron chi connectivity index (χ0n) is 12.0. The fourth-order valence-corrected chi connectivity index (χ4v) is 2.40. The van der Waals surface area contributed by atoms with E-state index < -0.39 is 10.0 Å². The number of sulfonamides is 1. The summed E-state index contributed by atoms with van der Waals surface area (Å²) < 4.78 is 22.3. The lowest BCUT2D eigenvalue weighted by molar-refractivity contribution is 0.251. The first-order valence-corrected chi connectivity index (χ1v) is 8.13. The Labute approximate surface area is 129 Å². The predicted octanol–water partition coefficient (Wildman–Crippen LogP) is 1.96. The Bertz CT molecular complexity index is 771. The maximum Gasteiger partial charge on any atom is 0.319 e. The van der Waals surface area contributed by atoms with E-state index in [9.17, 15) is 13.2 Å². The number of hydrogen-bond acceptors (Lipinski definition) is 3. The summed E-state index contributed by atoms with van der Waals surface area (Å²) in [6.07, 6.45) is 0. The quantitative estimate of drug-likeness (QED) is 0.803. The number of primary sulfonamides is 1. The second kappa shape index (κ2) is 6.59. The summed E-state index contributed by atoms with van der Waals surface area (Å²) in [6.45, 7) is 2.38. The van der Waals surface area contributed by atoms with Gasteiger partial charge in [0.15, 0.2) is 0 Å². The Balaban J connectivity index is 1.94. The van der Waals surface area contributed by atoms with Crippen molar-refractivity contribution < 1.29 is 13.2 Å². The van der Waals surface area contributed by atoms with Crippen molar-refractivity contribution >= 4 is 21.7 Å². The summed E-state index contributed by atoms with van der Waals surface area (Å²) in [4.78, 5) is 11.8. The fourth-order valence-electron chi connectivity index (χ4n) is 1.89. The molecule has 0 atom stereocenters. The van der Waals surface area contributed by atoms with E-state index in [0.29, 0.717) is 12.2 Å². The normalized spacial score (nSPS) is 11.0. The smallest absolute Gasteiger partial charge is 0.319 e. The lowest BCUT2D eigenvalue weighted by Gasteiger charge is -2.09. The van der Waals surface area contributed by atoms with Crippen molar-refractivity contribution in [1.29, 1.82) is 0 Å². The molecule has 116 valence electrons. The van der Waals surface area contributed by atoms with Crippen molar-refractivity contribution in [3.05, 3.63) is 59.7 Å². The van der Waals surface area contributed by atoms with Crippen LogP contribution in [0.25, 0.3) is 0 Å². The molecule has 0 saturated heterocycles. The molecule has 0 unspecified atom stereocenters. The average Bonchev–Trinajstić information content (AvgIpc) is 2.46. The van der Waals surface area contributed by atoms with Gasteiger partial charge in [0.05, 0.1) is 4.90 Å². The molecule has 2 aromatic rings. The molecule has 2 rings (SSSR count). The minimum Gasteiger partial charge on any atom is -0.334 e. The molecule has 2 amide bonds. The number of carbonyl (C=O) groups is 1. The fraction of sp³-hybridized carbons (Fsp3) is 0.133. The summed E-state index contributed by atoms with van der Waals surface area (Å²) in [6, 6.07) is 13.0. The maximum atomic E-state index is 11.8. The summed E-state index contributed by atoms with van der Waals surface area (Å²) in [5, 5.41) is 10.4. The van der Waals surface area contributed by atoms with Crippen molar-refractivity contribution in [1.82, 2.24) is 5.32 Å². The van der Waals surface area contributed by atoms with Crippen LogP contribution in [0, 0.1) is 6.92 Å². The molecule has 0 aliphatic heterocycles. The van der Waals surface area contributed by atoms with Gasteiger partial charge >= 0.3 is 6.03 Å². The number of urea groups is 1. The van der Waals surface area contributed by atoms with Gasteiger partial charge in [-0.05, 0) is 42.3 Å². The zero-order valence-corrected chi connectivity index (χ0v) is 12.9. The van der Waals surface area contributed by atoms with Crippen molar-refractivity contribution in [2.24, 2.45) is 5.14 Å². The molecule has 0 radical (unpaired) electrons. The highest BCUT2D eigenvalue weighted by Crippen LogP contribution is 2.12. The van der Waals surface area contributed by atoms with Gasteiger partial charge in [-0.25, -0.2) is 18.4 Å². The van der Waals surface area contributed by atoms with Crippen LogP contribution < -0.4 is 15.8 Å². The van der Waals surface area contributed by atoms with Gasteiger partial charge in [0.1, 0.15) is 0 Å². The first-order chi connectivity index (χ1) is 10.4. The first kappa shape index (κ1) is 16.0. The van der Waals surface area contributed by atoms with Gasteiger partial charge in [0.25, 0.3) is 0 Å². The van der Waals surface area contributed by atoms with Crippen LogP contribution in [-0.4, -0.2) is 14.4 Å². The minimum absolute atomic E-state index is 0.00151. The molecular formula is C15H17N3O3S. The van der Waals surface area contributed by atoms with E-state index in [4.69, 9.17) is 5.14 Å². The number of nitrogens with two attached hydrogens (primary N) is 1. The van der Waals surface area contributed by atoms with Crippen LogP contribution in [0.3, 0.4) is 0 Å². The monoisotopic (exact) mass is 319 g/mol. The summed E-state index contributed by atoms with van der Waals surface area (Å²) >= 11 is 0. The van der Waals surface area contributed by atoms with E-state index in [1.807, 2.05) is 31.2 Å². The van der Waals surface area contributed by atoms with Gasteiger partial charge in [-0.2, -0.15) is 0 Å². The predicted molar refractivity (Wildman–Crippen MR) is 84.9 cm³/mol. The second-order valence-electron chi connectivity index (χ2n) is 4.80. The Hall–Kier alpha value is -2.38. The molecule has 0 aliphatic carbocycles. The summed E-state index contributed by atoms with van der Waals surface area (Å²) in [7, 11) is -3.73. The van der Waals surface area contributed by atoms with E-state index in [1.165, 1.54) is 24.3 Å². The molecule has 0 spiro atoms. The molecule has 4 N–H and O–H groups in total. The van der Waals surface area contributed by atoms with Gasteiger partial charge < -0.3 is 10.6 Å². The third-order valence-electron chi connectivity index (χ3n) is 3.14. The molecule has 7 heteroatoms. The Morgan fingerprint density at radius 2 is 1.73 bits per heavy atom. The Kier molecular flexibility index (Phi) is 4.79. The molecule has 0 aliphatic rings. The van der Waals surface area contributed by atoms with Crippen molar-refractivity contribution in [2.45, 2.75) is 18.4 Å². The maximum absolute atomic E-state index is 11.8. The Morgan fingerprint density at radius 1 is 1.09 bits per heavy atom.